The number of anilines is 1. The number of hydrogen-bond donors (Lipinski definition) is 0. The summed E-state index contributed by atoms with van der Waals surface area (Å²) < 4.78 is 56.3. The van der Waals surface area contributed by atoms with Crippen molar-refractivity contribution in [3.8, 4) is 11.5 Å². The SMILES string of the molecule is CCS(=O)(=O)N(Cc1ccc(-c2nnc(C(F)F)o2)cn1)c1cc(Cl)cc(Cl)c1. The fourth-order valence-corrected chi connectivity index (χ4v) is 4.00. The zero-order valence-corrected chi connectivity index (χ0v) is 17.2. The molecule has 3 aromatic rings. The van der Waals surface area contributed by atoms with Crippen LogP contribution in [0.2, 0.25) is 10.0 Å². The lowest BCUT2D eigenvalue weighted by atomic mass is 10.2. The summed E-state index contributed by atoms with van der Waals surface area (Å²) in [7, 11) is -3.66. The van der Waals surface area contributed by atoms with Gasteiger partial charge in [0.15, 0.2) is 0 Å². The Balaban J connectivity index is 1.89. The highest BCUT2D eigenvalue weighted by molar-refractivity contribution is 7.92. The van der Waals surface area contributed by atoms with Gasteiger partial charge in [-0.1, -0.05) is 23.2 Å². The maximum Gasteiger partial charge on any atom is 0.314 e. The summed E-state index contributed by atoms with van der Waals surface area (Å²) in [6, 6.07) is 7.52. The monoisotopic (exact) mass is 462 g/mol. The van der Waals surface area contributed by atoms with Crippen LogP contribution in [0.25, 0.3) is 11.5 Å². The lowest BCUT2D eigenvalue weighted by Gasteiger charge is -2.24. The second-order valence-electron chi connectivity index (χ2n) is 5.82. The maximum atomic E-state index is 12.6. The fraction of sp³-hybridized carbons (Fsp3) is 0.235. The van der Waals surface area contributed by atoms with Crippen LogP contribution in [0.1, 0.15) is 24.9 Å². The molecule has 29 heavy (non-hydrogen) atoms. The van der Waals surface area contributed by atoms with E-state index < -0.39 is 22.3 Å². The second-order valence-corrected chi connectivity index (χ2v) is 8.87. The Labute approximate surface area is 175 Å². The van der Waals surface area contributed by atoms with Crippen molar-refractivity contribution in [3.05, 3.63) is 58.2 Å². The largest absolute Gasteiger partial charge is 0.415 e. The Morgan fingerprint density at radius 1 is 1.14 bits per heavy atom. The molecule has 3 rings (SSSR count). The van der Waals surface area contributed by atoms with E-state index in [0.29, 0.717) is 27.0 Å². The van der Waals surface area contributed by atoms with Gasteiger partial charge < -0.3 is 4.42 Å². The molecular weight excluding hydrogens is 449 g/mol. The van der Waals surface area contributed by atoms with E-state index in [2.05, 4.69) is 15.2 Å². The third-order valence-electron chi connectivity index (χ3n) is 3.84. The number of halogens is 4. The number of sulfonamides is 1. The maximum absolute atomic E-state index is 12.6. The third-order valence-corrected chi connectivity index (χ3v) is 6.02. The molecule has 0 aliphatic heterocycles. The third kappa shape index (κ3) is 5.01. The highest BCUT2D eigenvalue weighted by Gasteiger charge is 2.23. The number of hydrogen-bond acceptors (Lipinski definition) is 6. The lowest BCUT2D eigenvalue weighted by molar-refractivity contribution is 0.116. The van der Waals surface area contributed by atoms with Gasteiger partial charge in [0.2, 0.25) is 15.9 Å². The minimum atomic E-state index is -3.66. The molecule has 2 aromatic heterocycles. The molecule has 0 aliphatic carbocycles. The number of rotatable bonds is 7. The number of benzene rings is 1. The molecule has 0 radical (unpaired) electrons. The molecule has 0 aliphatic rings. The smallest absolute Gasteiger partial charge is 0.314 e. The van der Waals surface area contributed by atoms with E-state index in [4.69, 9.17) is 27.6 Å². The first kappa shape index (κ1) is 21.4. The lowest BCUT2D eigenvalue weighted by Crippen LogP contribution is -2.32. The van der Waals surface area contributed by atoms with E-state index in [0.717, 1.165) is 4.31 Å². The standard InChI is InChI=1S/C17H14Cl2F2N4O3S/c1-2-29(26,27)25(14-6-11(18)5-12(19)7-14)9-13-4-3-10(8-22-13)16-23-24-17(28-16)15(20)21/h3-8,15H,2,9H2,1H3. The highest BCUT2D eigenvalue weighted by atomic mass is 35.5. The summed E-state index contributed by atoms with van der Waals surface area (Å²) in [6.07, 6.45) is -1.54. The predicted octanol–water partition coefficient (Wildman–Crippen LogP) is 4.73. The van der Waals surface area contributed by atoms with E-state index in [1.807, 2.05) is 0 Å². The van der Waals surface area contributed by atoms with Crippen LogP contribution in [0, 0.1) is 0 Å². The van der Waals surface area contributed by atoms with Crippen molar-refractivity contribution < 1.29 is 21.6 Å². The summed E-state index contributed by atoms with van der Waals surface area (Å²) in [5.41, 5.74) is 1.02. The zero-order chi connectivity index (χ0) is 21.2. The molecule has 1 aromatic carbocycles. The Morgan fingerprint density at radius 2 is 1.83 bits per heavy atom. The average Bonchev–Trinajstić information content (AvgIpc) is 3.16. The van der Waals surface area contributed by atoms with E-state index in [1.165, 1.54) is 43.5 Å². The van der Waals surface area contributed by atoms with Crippen molar-refractivity contribution in [2.75, 3.05) is 10.1 Å². The molecule has 0 amide bonds. The van der Waals surface area contributed by atoms with Gasteiger partial charge in [0.1, 0.15) is 0 Å². The molecule has 0 saturated carbocycles. The predicted molar refractivity (Wildman–Crippen MR) is 105 cm³/mol. The number of pyridine rings is 1. The fourth-order valence-electron chi connectivity index (χ4n) is 2.42. The summed E-state index contributed by atoms with van der Waals surface area (Å²) >= 11 is 12.0. The van der Waals surface area contributed by atoms with Crippen LogP contribution in [0.15, 0.2) is 40.9 Å². The quantitative estimate of drug-likeness (QED) is 0.503. The summed E-state index contributed by atoms with van der Waals surface area (Å²) in [5, 5.41) is 7.38. The van der Waals surface area contributed by atoms with Crippen molar-refractivity contribution in [2.45, 2.75) is 19.9 Å². The van der Waals surface area contributed by atoms with Gasteiger partial charge in [-0.05, 0) is 37.3 Å². The number of nitrogens with zero attached hydrogens (tertiary/aromatic N) is 4. The Bertz CT molecular complexity index is 1090. The molecule has 0 atom stereocenters. The Kier molecular flexibility index (Phi) is 6.35. The van der Waals surface area contributed by atoms with Crippen molar-refractivity contribution >= 4 is 38.9 Å². The van der Waals surface area contributed by atoms with Crippen molar-refractivity contribution in [2.24, 2.45) is 0 Å². The summed E-state index contributed by atoms with van der Waals surface area (Å²) in [5.74, 6) is -1.05. The van der Waals surface area contributed by atoms with Gasteiger partial charge in [0.25, 0.3) is 5.89 Å². The normalized spacial score (nSPS) is 11.8. The van der Waals surface area contributed by atoms with Gasteiger partial charge in [0.05, 0.1) is 29.2 Å². The van der Waals surface area contributed by atoms with Crippen LogP contribution in [-0.2, 0) is 16.6 Å². The Hall–Kier alpha value is -2.30. The molecule has 0 bridgehead atoms. The van der Waals surface area contributed by atoms with Crippen LogP contribution in [0.3, 0.4) is 0 Å². The molecule has 0 N–H and O–H groups in total. The minimum absolute atomic E-state index is 0.0841. The van der Waals surface area contributed by atoms with Crippen molar-refractivity contribution in [1.29, 1.82) is 0 Å². The van der Waals surface area contributed by atoms with Gasteiger partial charge in [-0.3, -0.25) is 9.29 Å². The second kappa shape index (κ2) is 8.60. The average molecular weight is 463 g/mol. The first-order valence-corrected chi connectivity index (χ1v) is 10.6. The number of alkyl halides is 2. The summed E-state index contributed by atoms with van der Waals surface area (Å²) in [4.78, 5) is 4.18. The van der Waals surface area contributed by atoms with E-state index in [9.17, 15) is 17.2 Å². The molecule has 2 heterocycles. The van der Waals surface area contributed by atoms with E-state index in [1.54, 1.807) is 0 Å². The van der Waals surface area contributed by atoms with Crippen molar-refractivity contribution in [3.63, 3.8) is 0 Å². The molecule has 154 valence electrons. The van der Waals surface area contributed by atoms with Crippen LogP contribution in [-0.4, -0.2) is 29.4 Å². The van der Waals surface area contributed by atoms with Crippen LogP contribution in [0.4, 0.5) is 14.5 Å². The van der Waals surface area contributed by atoms with Crippen LogP contribution >= 0.6 is 23.2 Å². The van der Waals surface area contributed by atoms with Crippen LogP contribution in [0.5, 0.6) is 0 Å². The van der Waals surface area contributed by atoms with Gasteiger partial charge in [-0.25, -0.2) is 8.42 Å². The van der Waals surface area contributed by atoms with Gasteiger partial charge in [0, 0.05) is 16.2 Å². The molecule has 7 nitrogen and oxygen atoms in total. The molecule has 0 saturated heterocycles. The van der Waals surface area contributed by atoms with Crippen LogP contribution < -0.4 is 4.31 Å². The first-order valence-electron chi connectivity index (χ1n) is 8.23. The van der Waals surface area contributed by atoms with Gasteiger partial charge in [-0.2, -0.15) is 8.78 Å². The molecule has 0 spiro atoms. The molecule has 12 heteroatoms. The van der Waals surface area contributed by atoms with Gasteiger partial charge >= 0.3 is 6.43 Å². The highest BCUT2D eigenvalue weighted by Crippen LogP contribution is 2.29. The minimum Gasteiger partial charge on any atom is -0.415 e. The van der Waals surface area contributed by atoms with Crippen molar-refractivity contribution in [1.82, 2.24) is 15.2 Å². The molecule has 0 unspecified atom stereocenters. The zero-order valence-electron chi connectivity index (χ0n) is 14.9. The molecular formula is C17H14Cl2F2N4O3S. The topological polar surface area (TPSA) is 89.2 Å². The number of aromatic nitrogens is 3. The summed E-state index contributed by atoms with van der Waals surface area (Å²) in [6.45, 7) is 1.43. The van der Waals surface area contributed by atoms with E-state index >= 15 is 0 Å². The first-order chi connectivity index (χ1) is 13.7. The van der Waals surface area contributed by atoms with E-state index in [-0.39, 0.29) is 18.2 Å². The van der Waals surface area contributed by atoms with Gasteiger partial charge in [-0.15, -0.1) is 10.2 Å². The Morgan fingerprint density at radius 3 is 2.34 bits per heavy atom. The molecule has 0 fully saturated rings.